The highest BCUT2D eigenvalue weighted by atomic mass is 16.3. The molecule has 1 aromatic rings. The zero-order valence-corrected chi connectivity index (χ0v) is 10.7. The Bertz CT molecular complexity index is 327. The van der Waals surface area contributed by atoms with Crippen LogP contribution in [0.25, 0.3) is 0 Å². The molecule has 17 heavy (non-hydrogen) atoms. The monoisotopic (exact) mass is 233 g/mol. The molecule has 1 aromatic carbocycles. The molecule has 0 bridgehead atoms. The van der Waals surface area contributed by atoms with Crippen LogP contribution in [0.2, 0.25) is 0 Å². The quantitative estimate of drug-likeness (QED) is 0.864. The Balaban J connectivity index is 1.97. The van der Waals surface area contributed by atoms with Crippen LogP contribution in [0.15, 0.2) is 24.3 Å². The van der Waals surface area contributed by atoms with Crippen LogP contribution in [0.4, 0.5) is 5.69 Å². The molecular weight excluding hydrogens is 210 g/mol. The maximum absolute atomic E-state index is 9.62. The van der Waals surface area contributed by atoms with E-state index in [4.69, 9.17) is 0 Å². The van der Waals surface area contributed by atoms with Crippen LogP contribution in [0, 0.1) is 0 Å². The first-order valence-corrected chi connectivity index (χ1v) is 6.81. The zero-order valence-electron chi connectivity index (χ0n) is 10.7. The highest BCUT2D eigenvalue weighted by molar-refractivity contribution is 5.47. The SMILES string of the molecule is CCC(O)Cc1ccc(N2CCCCC2)cc1. The summed E-state index contributed by atoms with van der Waals surface area (Å²) in [5.74, 6) is 0. The van der Waals surface area contributed by atoms with Gasteiger partial charge in [-0.05, 0) is 49.8 Å². The maximum Gasteiger partial charge on any atom is 0.0577 e. The minimum absolute atomic E-state index is 0.198. The Morgan fingerprint density at radius 2 is 1.76 bits per heavy atom. The molecule has 2 nitrogen and oxygen atoms in total. The second-order valence-corrected chi connectivity index (χ2v) is 4.98. The lowest BCUT2D eigenvalue weighted by Gasteiger charge is -2.28. The summed E-state index contributed by atoms with van der Waals surface area (Å²) in [6, 6.07) is 8.71. The van der Waals surface area contributed by atoms with Crippen LogP contribution in [0.5, 0.6) is 0 Å². The molecule has 1 N–H and O–H groups in total. The second kappa shape index (κ2) is 6.06. The first kappa shape index (κ1) is 12.4. The van der Waals surface area contributed by atoms with Crippen LogP contribution in [-0.4, -0.2) is 24.3 Å². The summed E-state index contributed by atoms with van der Waals surface area (Å²) < 4.78 is 0. The van der Waals surface area contributed by atoms with Gasteiger partial charge in [0.05, 0.1) is 6.10 Å². The van der Waals surface area contributed by atoms with E-state index in [2.05, 4.69) is 29.2 Å². The van der Waals surface area contributed by atoms with Gasteiger partial charge in [0.2, 0.25) is 0 Å². The Morgan fingerprint density at radius 1 is 1.12 bits per heavy atom. The molecule has 1 atom stereocenters. The van der Waals surface area contributed by atoms with Crippen LogP contribution >= 0.6 is 0 Å². The van der Waals surface area contributed by atoms with Crippen molar-refractivity contribution in [2.24, 2.45) is 0 Å². The molecule has 0 aromatic heterocycles. The molecule has 1 fully saturated rings. The van der Waals surface area contributed by atoms with Crippen molar-refractivity contribution < 1.29 is 5.11 Å². The molecule has 0 radical (unpaired) electrons. The van der Waals surface area contributed by atoms with Crippen molar-refractivity contribution >= 4 is 5.69 Å². The normalized spacial score (nSPS) is 18.1. The fraction of sp³-hybridized carbons (Fsp3) is 0.600. The van der Waals surface area contributed by atoms with E-state index >= 15 is 0 Å². The van der Waals surface area contributed by atoms with E-state index in [9.17, 15) is 5.11 Å². The summed E-state index contributed by atoms with van der Waals surface area (Å²) in [4.78, 5) is 2.46. The van der Waals surface area contributed by atoms with Crippen LogP contribution in [0.3, 0.4) is 0 Å². The summed E-state index contributed by atoms with van der Waals surface area (Å²) in [6.07, 6.45) is 5.41. The lowest BCUT2D eigenvalue weighted by atomic mass is 10.0. The fourth-order valence-corrected chi connectivity index (χ4v) is 2.41. The molecule has 0 spiro atoms. The highest BCUT2D eigenvalue weighted by Crippen LogP contribution is 2.20. The predicted molar refractivity (Wildman–Crippen MR) is 72.5 cm³/mol. The number of hydrogen-bond donors (Lipinski definition) is 1. The van der Waals surface area contributed by atoms with Gasteiger partial charge in [0.1, 0.15) is 0 Å². The smallest absolute Gasteiger partial charge is 0.0577 e. The number of anilines is 1. The molecule has 1 aliphatic rings. The first-order chi connectivity index (χ1) is 8.29. The van der Waals surface area contributed by atoms with Gasteiger partial charge in [-0.2, -0.15) is 0 Å². The molecule has 1 heterocycles. The first-order valence-electron chi connectivity index (χ1n) is 6.81. The Labute approximate surface area is 104 Å². The van der Waals surface area contributed by atoms with Gasteiger partial charge in [-0.3, -0.25) is 0 Å². The number of hydrogen-bond acceptors (Lipinski definition) is 2. The van der Waals surface area contributed by atoms with E-state index in [1.165, 1.54) is 43.6 Å². The second-order valence-electron chi connectivity index (χ2n) is 4.98. The maximum atomic E-state index is 9.62. The van der Waals surface area contributed by atoms with Crippen LogP contribution in [0.1, 0.15) is 38.2 Å². The summed E-state index contributed by atoms with van der Waals surface area (Å²) in [7, 11) is 0. The van der Waals surface area contributed by atoms with Crippen molar-refractivity contribution in [2.75, 3.05) is 18.0 Å². The molecule has 94 valence electrons. The molecular formula is C15H23NO. The van der Waals surface area contributed by atoms with Gasteiger partial charge < -0.3 is 10.0 Å². The van der Waals surface area contributed by atoms with E-state index in [-0.39, 0.29) is 6.10 Å². The molecule has 1 aliphatic heterocycles. The van der Waals surface area contributed by atoms with Crippen molar-refractivity contribution in [1.82, 2.24) is 0 Å². The van der Waals surface area contributed by atoms with Crippen LogP contribution in [-0.2, 0) is 6.42 Å². The molecule has 2 rings (SSSR count). The third-order valence-corrected chi connectivity index (χ3v) is 3.60. The Kier molecular flexibility index (Phi) is 4.43. The van der Waals surface area contributed by atoms with Crippen molar-refractivity contribution in [3.63, 3.8) is 0 Å². The molecule has 2 heteroatoms. The van der Waals surface area contributed by atoms with Crippen molar-refractivity contribution in [2.45, 2.75) is 45.1 Å². The molecule has 1 saturated heterocycles. The largest absolute Gasteiger partial charge is 0.393 e. The Hall–Kier alpha value is -1.02. The number of aliphatic hydroxyl groups excluding tert-OH is 1. The zero-order chi connectivity index (χ0) is 12.1. The van der Waals surface area contributed by atoms with Gasteiger partial charge in [-0.25, -0.2) is 0 Å². The van der Waals surface area contributed by atoms with Gasteiger partial charge >= 0.3 is 0 Å². The third kappa shape index (κ3) is 3.47. The lowest BCUT2D eigenvalue weighted by molar-refractivity contribution is 0.171. The predicted octanol–water partition coefficient (Wildman–Crippen LogP) is 2.99. The summed E-state index contributed by atoms with van der Waals surface area (Å²) in [6.45, 7) is 4.40. The summed E-state index contributed by atoms with van der Waals surface area (Å²) in [5, 5.41) is 9.62. The minimum atomic E-state index is -0.198. The molecule has 0 amide bonds. The van der Waals surface area contributed by atoms with E-state index in [1.54, 1.807) is 0 Å². The topological polar surface area (TPSA) is 23.5 Å². The number of benzene rings is 1. The van der Waals surface area contributed by atoms with E-state index in [0.717, 1.165) is 12.8 Å². The molecule has 1 unspecified atom stereocenters. The molecule has 0 aliphatic carbocycles. The lowest BCUT2D eigenvalue weighted by Crippen LogP contribution is -2.29. The summed E-state index contributed by atoms with van der Waals surface area (Å²) in [5.41, 5.74) is 2.57. The number of piperidine rings is 1. The van der Waals surface area contributed by atoms with Crippen molar-refractivity contribution in [1.29, 1.82) is 0 Å². The van der Waals surface area contributed by atoms with E-state index in [1.807, 2.05) is 6.92 Å². The number of nitrogens with zero attached hydrogens (tertiary/aromatic N) is 1. The van der Waals surface area contributed by atoms with Gasteiger partial charge in [0, 0.05) is 18.8 Å². The average molecular weight is 233 g/mol. The minimum Gasteiger partial charge on any atom is -0.393 e. The van der Waals surface area contributed by atoms with Gasteiger partial charge in [-0.15, -0.1) is 0 Å². The summed E-state index contributed by atoms with van der Waals surface area (Å²) >= 11 is 0. The Morgan fingerprint density at radius 3 is 2.35 bits per heavy atom. The van der Waals surface area contributed by atoms with Crippen LogP contribution < -0.4 is 4.90 Å². The third-order valence-electron chi connectivity index (χ3n) is 3.60. The van der Waals surface area contributed by atoms with Crippen molar-refractivity contribution in [3.05, 3.63) is 29.8 Å². The van der Waals surface area contributed by atoms with Crippen molar-refractivity contribution in [3.8, 4) is 0 Å². The van der Waals surface area contributed by atoms with Gasteiger partial charge in [-0.1, -0.05) is 19.1 Å². The number of aliphatic hydroxyl groups is 1. The highest BCUT2D eigenvalue weighted by Gasteiger charge is 2.10. The fourth-order valence-electron chi connectivity index (χ4n) is 2.41. The number of rotatable bonds is 4. The van der Waals surface area contributed by atoms with Gasteiger partial charge in [0.15, 0.2) is 0 Å². The van der Waals surface area contributed by atoms with E-state index < -0.39 is 0 Å². The standard InChI is InChI=1S/C15H23NO/c1-2-15(17)12-13-6-8-14(9-7-13)16-10-4-3-5-11-16/h6-9,15,17H,2-5,10-12H2,1H3. The van der Waals surface area contributed by atoms with E-state index in [0.29, 0.717) is 0 Å². The molecule has 0 saturated carbocycles. The average Bonchev–Trinajstić information content (AvgIpc) is 2.40. The van der Waals surface area contributed by atoms with Gasteiger partial charge in [0.25, 0.3) is 0 Å².